The highest BCUT2D eigenvalue weighted by molar-refractivity contribution is 6.00. The summed E-state index contributed by atoms with van der Waals surface area (Å²) in [6.45, 7) is -0.497. The van der Waals surface area contributed by atoms with Gasteiger partial charge in [-0.25, -0.2) is 9.18 Å². The van der Waals surface area contributed by atoms with Gasteiger partial charge >= 0.3 is 5.97 Å². The molecule has 2 rings (SSSR count). The smallest absolute Gasteiger partial charge is 0.342 e. The number of ketones is 1. The van der Waals surface area contributed by atoms with Crippen LogP contribution >= 0.6 is 0 Å². The molecule has 0 aliphatic heterocycles. The minimum Gasteiger partial charge on any atom is -0.496 e. The van der Waals surface area contributed by atoms with Gasteiger partial charge in [0.15, 0.2) is 24.0 Å². The Kier molecular flexibility index (Phi) is 5.30. The summed E-state index contributed by atoms with van der Waals surface area (Å²) < 4.78 is 28.4. The SMILES string of the molecule is COc1ccc(C(=O)COC(=O)c2ccccc2OC)cc1F. The first-order chi connectivity index (χ1) is 11.1. The quantitative estimate of drug-likeness (QED) is 0.605. The molecule has 0 spiro atoms. The Bertz CT molecular complexity index is 727. The van der Waals surface area contributed by atoms with Crippen molar-refractivity contribution in [1.29, 1.82) is 0 Å². The van der Waals surface area contributed by atoms with Crippen LogP contribution < -0.4 is 9.47 Å². The molecule has 0 saturated heterocycles. The summed E-state index contributed by atoms with van der Waals surface area (Å²) in [7, 11) is 2.76. The van der Waals surface area contributed by atoms with Crippen molar-refractivity contribution in [3.8, 4) is 11.5 Å². The summed E-state index contributed by atoms with van der Waals surface area (Å²) in [5.74, 6) is -1.48. The van der Waals surface area contributed by atoms with Gasteiger partial charge < -0.3 is 14.2 Å². The van der Waals surface area contributed by atoms with Crippen LogP contribution in [0, 0.1) is 5.82 Å². The lowest BCUT2D eigenvalue weighted by atomic mass is 10.1. The molecule has 0 aliphatic rings. The Labute approximate surface area is 132 Å². The van der Waals surface area contributed by atoms with Crippen molar-refractivity contribution in [3.05, 3.63) is 59.4 Å². The molecule has 120 valence electrons. The van der Waals surface area contributed by atoms with Gasteiger partial charge in [-0.2, -0.15) is 0 Å². The molecule has 2 aromatic rings. The van der Waals surface area contributed by atoms with E-state index in [9.17, 15) is 14.0 Å². The molecule has 0 fully saturated rings. The first kappa shape index (κ1) is 16.5. The van der Waals surface area contributed by atoms with Crippen LogP contribution in [0.25, 0.3) is 0 Å². The van der Waals surface area contributed by atoms with Crippen LogP contribution in [0.2, 0.25) is 0 Å². The average Bonchev–Trinajstić information content (AvgIpc) is 2.59. The monoisotopic (exact) mass is 318 g/mol. The molecule has 5 nitrogen and oxygen atoms in total. The summed E-state index contributed by atoms with van der Waals surface area (Å²) in [6, 6.07) is 10.3. The van der Waals surface area contributed by atoms with Crippen molar-refractivity contribution in [3.63, 3.8) is 0 Å². The predicted octanol–water partition coefficient (Wildman–Crippen LogP) is 2.88. The third-order valence-corrected chi connectivity index (χ3v) is 3.14. The predicted molar refractivity (Wildman–Crippen MR) is 80.6 cm³/mol. The molecule has 0 aliphatic carbocycles. The second-order valence-electron chi connectivity index (χ2n) is 4.55. The lowest BCUT2D eigenvalue weighted by Gasteiger charge is -2.08. The number of Topliss-reactive ketones (excluding diaryl/α,β-unsaturated/α-hetero) is 1. The Morgan fingerprint density at radius 1 is 1.00 bits per heavy atom. The summed E-state index contributed by atoms with van der Waals surface area (Å²) in [5, 5.41) is 0. The molecule has 0 N–H and O–H groups in total. The number of methoxy groups -OCH3 is 2. The Morgan fingerprint density at radius 3 is 2.35 bits per heavy atom. The second-order valence-corrected chi connectivity index (χ2v) is 4.55. The third-order valence-electron chi connectivity index (χ3n) is 3.14. The Hall–Kier alpha value is -2.89. The number of carbonyl (C=O) groups excluding carboxylic acids is 2. The van der Waals surface area contributed by atoms with Crippen molar-refractivity contribution >= 4 is 11.8 Å². The topological polar surface area (TPSA) is 61.8 Å². The van der Waals surface area contributed by atoms with Crippen molar-refractivity contribution in [2.45, 2.75) is 0 Å². The highest BCUT2D eigenvalue weighted by Gasteiger charge is 2.16. The number of para-hydroxylation sites is 1. The number of ether oxygens (including phenoxy) is 3. The molecule has 0 unspecified atom stereocenters. The fourth-order valence-corrected chi connectivity index (χ4v) is 1.95. The van der Waals surface area contributed by atoms with Crippen LogP contribution in [-0.2, 0) is 4.74 Å². The van der Waals surface area contributed by atoms with Crippen molar-refractivity contribution in [2.75, 3.05) is 20.8 Å². The zero-order chi connectivity index (χ0) is 16.8. The van der Waals surface area contributed by atoms with Crippen LogP contribution in [0.5, 0.6) is 11.5 Å². The van der Waals surface area contributed by atoms with E-state index in [4.69, 9.17) is 14.2 Å². The molecule has 0 saturated carbocycles. The van der Waals surface area contributed by atoms with Crippen LogP contribution in [0.4, 0.5) is 4.39 Å². The number of benzene rings is 2. The minimum absolute atomic E-state index is 0.0348. The van der Waals surface area contributed by atoms with Gasteiger partial charge in [0.1, 0.15) is 11.3 Å². The summed E-state index contributed by atoms with van der Waals surface area (Å²) in [6.07, 6.45) is 0. The van der Waals surface area contributed by atoms with Gasteiger partial charge in [-0.3, -0.25) is 4.79 Å². The molecular formula is C17H15FO5. The van der Waals surface area contributed by atoms with E-state index in [1.54, 1.807) is 18.2 Å². The van der Waals surface area contributed by atoms with Gasteiger partial charge in [-0.1, -0.05) is 12.1 Å². The molecular weight excluding hydrogens is 303 g/mol. The van der Waals surface area contributed by atoms with E-state index in [0.29, 0.717) is 5.75 Å². The number of rotatable bonds is 6. The first-order valence-electron chi connectivity index (χ1n) is 6.73. The number of halogens is 1. The summed E-state index contributed by atoms with van der Waals surface area (Å²) in [4.78, 5) is 23.9. The molecule has 0 atom stereocenters. The maximum Gasteiger partial charge on any atom is 0.342 e. The zero-order valence-corrected chi connectivity index (χ0v) is 12.7. The van der Waals surface area contributed by atoms with Gasteiger partial charge in [0, 0.05) is 5.56 Å². The largest absolute Gasteiger partial charge is 0.496 e. The van der Waals surface area contributed by atoms with Crippen LogP contribution in [0.3, 0.4) is 0 Å². The number of carbonyl (C=O) groups is 2. The van der Waals surface area contributed by atoms with Gasteiger partial charge in [0.05, 0.1) is 14.2 Å². The fraction of sp³-hybridized carbons (Fsp3) is 0.176. The Morgan fingerprint density at radius 2 is 1.70 bits per heavy atom. The van der Waals surface area contributed by atoms with E-state index in [1.165, 1.54) is 32.4 Å². The molecule has 0 aromatic heterocycles. The lowest BCUT2D eigenvalue weighted by molar-refractivity contribution is 0.0471. The van der Waals surface area contributed by atoms with Crippen molar-refractivity contribution in [2.24, 2.45) is 0 Å². The zero-order valence-electron chi connectivity index (χ0n) is 12.7. The molecule has 0 radical (unpaired) electrons. The van der Waals surface area contributed by atoms with Crippen LogP contribution in [0.1, 0.15) is 20.7 Å². The first-order valence-corrected chi connectivity index (χ1v) is 6.73. The average molecular weight is 318 g/mol. The van der Waals surface area contributed by atoms with Gasteiger partial charge in [0.25, 0.3) is 0 Å². The normalized spacial score (nSPS) is 10.0. The Balaban J connectivity index is 2.04. The third kappa shape index (κ3) is 3.85. The molecule has 0 heterocycles. The molecule has 0 bridgehead atoms. The number of hydrogen-bond acceptors (Lipinski definition) is 5. The maximum absolute atomic E-state index is 13.6. The maximum atomic E-state index is 13.6. The van der Waals surface area contributed by atoms with E-state index >= 15 is 0 Å². The minimum atomic E-state index is -0.690. The molecule has 0 amide bonds. The highest BCUT2D eigenvalue weighted by Crippen LogP contribution is 2.20. The van der Waals surface area contributed by atoms with E-state index in [1.807, 2.05) is 0 Å². The summed E-state index contributed by atoms with van der Waals surface area (Å²) in [5.41, 5.74) is 0.305. The highest BCUT2D eigenvalue weighted by atomic mass is 19.1. The molecule has 6 heteroatoms. The number of hydrogen-bond donors (Lipinski definition) is 0. The van der Waals surface area contributed by atoms with Crippen LogP contribution in [-0.4, -0.2) is 32.6 Å². The second kappa shape index (κ2) is 7.40. The van der Waals surface area contributed by atoms with Crippen molar-refractivity contribution in [1.82, 2.24) is 0 Å². The van der Waals surface area contributed by atoms with Crippen molar-refractivity contribution < 1.29 is 28.2 Å². The van der Waals surface area contributed by atoms with E-state index in [2.05, 4.69) is 0 Å². The van der Waals surface area contributed by atoms with Gasteiger partial charge in [-0.05, 0) is 30.3 Å². The van der Waals surface area contributed by atoms with E-state index in [0.717, 1.165) is 6.07 Å². The molecule has 2 aromatic carbocycles. The van der Waals surface area contributed by atoms with Gasteiger partial charge in [-0.15, -0.1) is 0 Å². The number of esters is 1. The van der Waals surface area contributed by atoms with Gasteiger partial charge in [0.2, 0.25) is 0 Å². The fourth-order valence-electron chi connectivity index (χ4n) is 1.95. The molecule has 23 heavy (non-hydrogen) atoms. The van der Waals surface area contributed by atoms with E-state index < -0.39 is 24.2 Å². The lowest BCUT2D eigenvalue weighted by Crippen LogP contribution is -2.15. The van der Waals surface area contributed by atoms with E-state index in [-0.39, 0.29) is 16.9 Å². The summed E-state index contributed by atoms with van der Waals surface area (Å²) >= 11 is 0. The standard InChI is InChI=1S/C17H15FO5/c1-21-15-6-4-3-5-12(15)17(20)23-10-14(19)11-7-8-16(22-2)13(18)9-11/h3-9H,10H2,1-2H3. The van der Waals surface area contributed by atoms with Crippen LogP contribution in [0.15, 0.2) is 42.5 Å².